The van der Waals surface area contributed by atoms with Crippen molar-refractivity contribution in [2.75, 3.05) is 26.2 Å². The van der Waals surface area contributed by atoms with Crippen LogP contribution in [0.15, 0.2) is 30.6 Å². The van der Waals surface area contributed by atoms with Crippen LogP contribution in [0, 0.1) is 0 Å². The number of hydrogen-bond acceptors (Lipinski definition) is 4. The molecule has 120 valence electrons. The third kappa shape index (κ3) is 4.60. The first-order valence-corrected chi connectivity index (χ1v) is 8.16. The van der Waals surface area contributed by atoms with E-state index in [9.17, 15) is 5.11 Å². The fraction of sp³-hybridized carbons (Fsp3) is 0.500. The summed E-state index contributed by atoms with van der Waals surface area (Å²) in [5.74, 6) is 0.946. The highest BCUT2D eigenvalue weighted by molar-refractivity contribution is 5.88. The van der Waals surface area contributed by atoms with Crippen LogP contribution in [0.1, 0.15) is 33.1 Å². The van der Waals surface area contributed by atoms with Crippen LogP contribution in [0.5, 0.6) is 11.5 Å². The van der Waals surface area contributed by atoms with E-state index in [1.54, 1.807) is 24.5 Å². The number of nitrogens with zero attached hydrogens (tertiary/aromatic N) is 2. The molecule has 0 spiro atoms. The number of unbranched alkanes of at least 4 members (excludes halogenated alkanes) is 2. The molecule has 0 saturated carbocycles. The van der Waals surface area contributed by atoms with E-state index in [1.165, 1.54) is 6.42 Å². The molecule has 4 heteroatoms. The second-order valence-electron chi connectivity index (χ2n) is 5.48. The molecule has 2 rings (SSSR count). The number of hydrogen-bond donors (Lipinski definition) is 1. The zero-order valence-corrected chi connectivity index (χ0v) is 13.6. The van der Waals surface area contributed by atoms with E-state index in [0.717, 1.165) is 43.2 Å². The summed E-state index contributed by atoms with van der Waals surface area (Å²) in [6.45, 7) is 8.48. The van der Waals surface area contributed by atoms with Gasteiger partial charge in [0.05, 0.1) is 6.61 Å². The average molecular weight is 302 g/mol. The largest absolute Gasteiger partial charge is 0.508 e. The van der Waals surface area contributed by atoms with Gasteiger partial charge in [-0.3, -0.25) is 4.98 Å². The minimum atomic E-state index is 0.232. The Morgan fingerprint density at radius 3 is 2.73 bits per heavy atom. The smallest absolute Gasteiger partial charge is 0.132 e. The van der Waals surface area contributed by atoms with Crippen LogP contribution in [0.25, 0.3) is 10.8 Å². The molecule has 0 amide bonds. The second-order valence-corrected chi connectivity index (χ2v) is 5.48. The maximum atomic E-state index is 9.76. The number of phenols is 1. The molecule has 0 aliphatic heterocycles. The normalized spacial score (nSPS) is 11.2. The molecule has 22 heavy (non-hydrogen) atoms. The quantitative estimate of drug-likeness (QED) is 0.715. The molecule has 0 aliphatic rings. The molecule has 0 atom stereocenters. The van der Waals surface area contributed by atoms with E-state index in [4.69, 9.17) is 4.74 Å². The van der Waals surface area contributed by atoms with E-state index in [1.807, 2.05) is 6.07 Å². The van der Waals surface area contributed by atoms with Crippen molar-refractivity contribution in [3.05, 3.63) is 30.6 Å². The van der Waals surface area contributed by atoms with Crippen LogP contribution in [0.3, 0.4) is 0 Å². The van der Waals surface area contributed by atoms with E-state index < -0.39 is 0 Å². The van der Waals surface area contributed by atoms with Crippen LogP contribution < -0.4 is 4.74 Å². The molecule has 0 saturated heterocycles. The standard InChI is InChI=1S/C18H26N2O2/c1-3-20(4-2)10-6-5-7-11-22-18-13-16(21)12-15-8-9-19-14-17(15)18/h8-9,12-14,21H,3-7,10-11H2,1-2H3. The van der Waals surface area contributed by atoms with Crippen molar-refractivity contribution in [1.82, 2.24) is 9.88 Å². The van der Waals surface area contributed by atoms with Gasteiger partial charge in [-0.25, -0.2) is 0 Å². The number of fused-ring (bicyclic) bond motifs is 1. The monoisotopic (exact) mass is 302 g/mol. The third-order valence-corrected chi connectivity index (χ3v) is 3.97. The number of pyridine rings is 1. The van der Waals surface area contributed by atoms with Gasteiger partial charge in [0, 0.05) is 23.8 Å². The van der Waals surface area contributed by atoms with Crippen molar-refractivity contribution in [3.8, 4) is 11.5 Å². The fourth-order valence-electron chi connectivity index (χ4n) is 2.61. The van der Waals surface area contributed by atoms with Gasteiger partial charge in [0.25, 0.3) is 0 Å². The van der Waals surface area contributed by atoms with Gasteiger partial charge < -0.3 is 14.7 Å². The number of aromatic hydroxyl groups is 1. The van der Waals surface area contributed by atoms with Gasteiger partial charge in [0.2, 0.25) is 0 Å². The Hall–Kier alpha value is -1.81. The maximum Gasteiger partial charge on any atom is 0.132 e. The number of phenolic OH excluding ortho intramolecular Hbond substituents is 1. The summed E-state index contributed by atoms with van der Waals surface area (Å²) in [5.41, 5.74) is 0. The molecule has 0 unspecified atom stereocenters. The van der Waals surface area contributed by atoms with Crippen molar-refractivity contribution in [3.63, 3.8) is 0 Å². The maximum absolute atomic E-state index is 9.76. The van der Waals surface area contributed by atoms with E-state index >= 15 is 0 Å². The van der Waals surface area contributed by atoms with Crippen molar-refractivity contribution in [2.45, 2.75) is 33.1 Å². The molecule has 1 N–H and O–H groups in total. The second kappa shape index (κ2) is 8.59. The Morgan fingerprint density at radius 2 is 1.95 bits per heavy atom. The Bertz CT molecular complexity index is 582. The molecule has 0 radical (unpaired) electrons. The fourth-order valence-corrected chi connectivity index (χ4v) is 2.61. The molecular formula is C18H26N2O2. The summed E-state index contributed by atoms with van der Waals surface area (Å²) in [7, 11) is 0. The highest BCUT2D eigenvalue weighted by Gasteiger charge is 2.05. The van der Waals surface area contributed by atoms with Crippen LogP contribution in [0.2, 0.25) is 0 Å². The SMILES string of the molecule is CCN(CC)CCCCCOc1cc(O)cc2ccncc12. The Balaban J connectivity index is 1.80. The summed E-state index contributed by atoms with van der Waals surface area (Å²) >= 11 is 0. The zero-order valence-electron chi connectivity index (χ0n) is 13.6. The summed E-state index contributed by atoms with van der Waals surface area (Å²) in [6, 6.07) is 5.28. The molecule has 0 fully saturated rings. The van der Waals surface area contributed by atoms with Gasteiger partial charge in [0.15, 0.2) is 0 Å². The first-order valence-electron chi connectivity index (χ1n) is 8.16. The molecule has 1 aromatic heterocycles. The van der Waals surface area contributed by atoms with Crippen molar-refractivity contribution in [2.24, 2.45) is 0 Å². The lowest BCUT2D eigenvalue weighted by Crippen LogP contribution is -2.23. The number of benzene rings is 1. The third-order valence-electron chi connectivity index (χ3n) is 3.97. The highest BCUT2D eigenvalue weighted by atomic mass is 16.5. The lowest BCUT2D eigenvalue weighted by atomic mass is 10.1. The molecule has 2 aromatic rings. The molecule has 1 heterocycles. The molecule has 1 aromatic carbocycles. The predicted octanol–water partition coefficient (Wildman–Crippen LogP) is 3.83. The van der Waals surface area contributed by atoms with Crippen molar-refractivity contribution < 1.29 is 9.84 Å². The lowest BCUT2D eigenvalue weighted by Gasteiger charge is -2.17. The van der Waals surface area contributed by atoms with Gasteiger partial charge in [-0.2, -0.15) is 0 Å². The molecule has 0 bridgehead atoms. The highest BCUT2D eigenvalue weighted by Crippen LogP contribution is 2.30. The van der Waals surface area contributed by atoms with Gasteiger partial charge in [-0.15, -0.1) is 0 Å². The summed E-state index contributed by atoms with van der Waals surface area (Å²) < 4.78 is 5.85. The number of ether oxygens (including phenoxy) is 1. The predicted molar refractivity (Wildman–Crippen MR) is 90.5 cm³/mol. The van der Waals surface area contributed by atoms with Crippen LogP contribution >= 0.6 is 0 Å². The van der Waals surface area contributed by atoms with Crippen LogP contribution in [-0.2, 0) is 0 Å². The molecule has 4 nitrogen and oxygen atoms in total. The van der Waals surface area contributed by atoms with Crippen molar-refractivity contribution in [1.29, 1.82) is 0 Å². The van der Waals surface area contributed by atoms with Gasteiger partial charge in [0.1, 0.15) is 11.5 Å². The lowest BCUT2D eigenvalue weighted by molar-refractivity contribution is 0.278. The zero-order chi connectivity index (χ0) is 15.8. The summed E-state index contributed by atoms with van der Waals surface area (Å²) in [4.78, 5) is 6.57. The van der Waals surface area contributed by atoms with Gasteiger partial charge >= 0.3 is 0 Å². The Kier molecular flexibility index (Phi) is 6.46. The molecule has 0 aliphatic carbocycles. The first kappa shape index (κ1) is 16.6. The first-order chi connectivity index (χ1) is 10.7. The number of rotatable bonds is 9. The van der Waals surface area contributed by atoms with E-state index in [-0.39, 0.29) is 5.75 Å². The number of aromatic nitrogens is 1. The minimum Gasteiger partial charge on any atom is -0.508 e. The van der Waals surface area contributed by atoms with Crippen molar-refractivity contribution >= 4 is 10.8 Å². The van der Waals surface area contributed by atoms with E-state index in [0.29, 0.717) is 12.4 Å². The van der Waals surface area contributed by atoms with E-state index in [2.05, 4.69) is 23.7 Å². The van der Waals surface area contributed by atoms with Crippen LogP contribution in [-0.4, -0.2) is 41.2 Å². The average Bonchev–Trinajstić information content (AvgIpc) is 2.54. The Morgan fingerprint density at radius 1 is 1.14 bits per heavy atom. The summed E-state index contributed by atoms with van der Waals surface area (Å²) in [6.07, 6.45) is 6.89. The topological polar surface area (TPSA) is 45.6 Å². The Labute approximate surface area is 132 Å². The summed E-state index contributed by atoms with van der Waals surface area (Å²) in [5, 5.41) is 11.7. The minimum absolute atomic E-state index is 0.232. The van der Waals surface area contributed by atoms with Crippen LogP contribution in [0.4, 0.5) is 0 Å². The molecular weight excluding hydrogens is 276 g/mol. The van der Waals surface area contributed by atoms with Gasteiger partial charge in [-0.1, -0.05) is 13.8 Å². The van der Waals surface area contributed by atoms with Gasteiger partial charge in [-0.05, 0) is 56.4 Å².